The Morgan fingerprint density at radius 3 is 2.56 bits per heavy atom. The van der Waals surface area contributed by atoms with Crippen molar-refractivity contribution in [2.24, 2.45) is 12.5 Å². The average molecular weight is 432 g/mol. The number of rotatable bonds is 3. The highest BCUT2D eigenvalue weighted by Gasteiger charge is 2.43. The van der Waals surface area contributed by atoms with Crippen molar-refractivity contribution >= 4 is 16.7 Å². The van der Waals surface area contributed by atoms with Crippen molar-refractivity contribution in [1.29, 1.82) is 0 Å². The first-order valence-electron chi connectivity index (χ1n) is 12.2. The van der Waals surface area contributed by atoms with Crippen molar-refractivity contribution in [2.45, 2.75) is 57.9 Å². The molecule has 2 aliphatic heterocycles. The number of pyridine rings is 1. The highest BCUT2D eigenvalue weighted by atomic mass is 15.3. The molecule has 2 saturated heterocycles. The maximum absolute atomic E-state index is 5.09. The van der Waals surface area contributed by atoms with Crippen LogP contribution >= 0.6 is 0 Å². The first-order chi connectivity index (χ1) is 15.6. The second-order valence-electron chi connectivity index (χ2n) is 10.2. The van der Waals surface area contributed by atoms with Gasteiger partial charge in [-0.15, -0.1) is 0 Å². The van der Waals surface area contributed by atoms with Gasteiger partial charge in [0.25, 0.3) is 0 Å². The van der Waals surface area contributed by atoms with Gasteiger partial charge in [-0.05, 0) is 57.1 Å². The largest absolute Gasteiger partial charge is 0.356 e. The summed E-state index contributed by atoms with van der Waals surface area (Å²) in [5.74, 6) is 1.80. The van der Waals surface area contributed by atoms with Crippen molar-refractivity contribution in [3.05, 3.63) is 30.4 Å². The molecule has 1 spiro atoms. The van der Waals surface area contributed by atoms with Crippen LogP contribution in [0.5, 0.6) is 0 Å². The molecule has 6 rings (SSSR count). The molecule has 1 aliphatic carbocycles. The number of aryl methyl sites for hydroxylation is 2. The van der Waals surface area contributed by atoms with Gasteiger partial charge in [0.2, 0.25) is 0 Å². The van der Waals surface area contributed by atoms with Crippen LogP contribution in [0, 0.1) is 12.3 Å². The summed E-state index contributed by atoms with van der Waals surface area (Å²) in [7, 11) is 1.95. The SMILES string of the molecule is Cc1nn(C)cc1-c1nc(N2CCC3(CC2)CCN(C2CCCC2)C3)c2ccncc2n1. The molecular weight excluding hydrogens is 398 g/mol. The van der Waals surface area contributed by atoms with Gasteiger partial charge in [0.15, 0.2) is 5.82 Å². The number of hydrogen-bond donors (Lipinski definition) is 0. The minimum absolute atomic E-state index is 0.506. The fourth-order valence-electron chi connectivity index (χ4n) is 6.30. The van der Waals surface area contributed by atoms with E-state index in [2.05, 4.69) is 25.9 Å². The van der Waals surface area contributed by atoms with Crippen LogP contribution in [-0.4, -0.2) is 61.9 Å². The number of likely N-dealkylation sites (tertiary alicyclic amines) is 1. The van der Waals surface area contributed by atoms with Crippen molar-refractivity contribution in [3.63, 3.8) is 0 Å². The van der Waals surface area contributed by atoms with Gasteiger partial charge in [-0.2, -0.15) is 5.10 Å². The fraction of sp³-hybridized carbons (Fsp3) is 0.600. The van der Waals surface area contributed by atoms with Crippen LogP contribution in [0.4, 0.5) is 5.82 Å². The van der Waals surface area contributed by atoms with Crippen LogP contribution in [-0.2, 0) is 7.05 Å². The molecule has 0 amide bonds. The molecule has 3 aliphatic rings. The van der Waals surface area contributed by atoms with E-state index >= 15 is 0 Å². The summed E-state index contributed by atoms with van der Waals surface area (Å²) in [5.41, 5.74) is 3.37. The molecule has 0 N–H and O–H groups in total. The first-order valence-corrected chi connectivity index (χ1v) is 12.2. The summed E-state index contributed by atoms with van der Waals surface area (Å²) < 4.78 is 1.84. The van der Waals surface area contributed by atoms with Gasteiger partial charge in [0, 0.05) is 50.5 Å². The molecule has 7 heteroatoms. The highest BCUT2D eigenvalue weighted by Crippen LogP contribution is 2.44. The molecule has 0 radical (unpaired) electrons. The van der Waals surface area contributed by atoms with E-state index in [9.17, 15) is 0 Å². The summed E-state index contributed by atoms with van der Waals surface area (Å²) in [4.78, 5) is 19.6. The minimum atomic E-state index is 0.506. The van der Waals surface area contributed by atoms with E-state index in [4.69, 9.17) is 9.97 Å². The molecule has 168 valence electrons. The standard InChI is InChI=1S/C25H33N7/c1-18-21(16-30(2)29-18)23-27-22-15-26-11-7-20(22)24(28-23)31-12-8-25(9-13-31)10-14-32(17-25)19-5-3-4-6-19/h7,11,15-16,19H,3-6,8-10,12-14,17H2,1-2H3. The lowest BCUT2D eigenvalue weighted by Gasteiger charge is -2.40. The predicted molar refractivity (Wildman–Crippen MR) is 127 cm³/mol. The summed E-state index contributed by atoms with van der Waals surface area (Å²) in [6.45, 7) is 6.76. The van der Waals surface area contributed by atoms with Gasteiger partial charge in [0.05, 0.1) is 23.0 Å². The van der Waals surface area contributed by atoms with Gasteiger partial charge < -0.3 is 4.90 Å². The summed E-state index contributed by atoms with van der Waals surface area (Å²) in [6.07, 6.45) is 15.3. The van der Waals surface area contributed by atoms with Crippen LogP contribution in [0.3, 0.4) is 0 Å². The van der Waals surface area contributed by atoms with Crippen molar-refractivity contribution in [1.82, 2.24) is 29.6 Å². The van der Waals surface area contributed by atoms with Gasteiger partial charge in [-0.3, -0.25) is 14.6 Å². The second kappa shape index (κ2) is 7.80. The van der Waals surface area contributed by atoms with E-state index < -0.39 is 0 Å². The summed E-state index contributed by atoms with van der Waals surface area (Å²) >= 11 is 0. The number of nitrogens with zero attached hydrogens (tertiary/aromatic N) is 7. The monoisotopic (exact) mass is 431 g/mol. The minimum Gasteiger partial charge on any atom is -0.356 e. The fourth-order valence-corrected chi connectivity index (χ4v) is 6.30. The maximum atomic E-state index is 5.09. The van der Waals surface area contributed by atoms with Crippen LogP contribution in [0.1, 0.15) is 50.6 Å². The van der Waals surface area contributed by atoms with E-state index in [0.29, 0.717) is 5.41 Å². The van der Waals surface area contributed by atoms with Gasteiger partial charge in [-0.1, -0.05) is 12.8 Å². The number of piperidine rings is 1. The Bertz CT molecular complexity index is 1120. The third-order valence-electron chi connectivity index (χ3n) is 8.17. The van der Waals surface area contributed by atoms with Crippen LogP contribution in [0.2, 0.25) is 0 Å². The average Bonchev–Trinajstić information content (AvgIpc) is 3.54. The van der Waals surface area contributed by atoms with E-state index in [1.165, 1.54) is 58.0 Å². The number of aromatic nitrogens is 5. The molecule has 0 aromatic carbocycles. The lowest BCUT2D eigenvalue weighted by atomic mass is 9.77. The number of hydrogen-bond acceptors (Lipinski definition) is 6. The molecular formula is C25H33N7. The Morgan fingerprint density at radius 2 is 1.81 bits per heavy atom. The Labute approximate surface area is 189 Å². The highest BCUT2D eigenvalue weighted by molar-refractivity contribution is 5.90. The number of anilines is 1. The van der Waals surface area contributed by atoms with Crippen molar-refractivity contribution in [3.8, 4) is 11.4 Å². The summed E-state index contributed by atoms with van der Waals surface area (Å²) in [6, 6.07) is 2.92. The zero-order chi connectivity index (χ0) is 21.7. The van der Waals surface area contributed by atoms with Crippen LogP contribution < -0.4 is 4.90 Å². The molecule has 0 atom stereocenters. The molecule has 7 nitrogen and oxygen atoms in total. The van der Waals surface area contributed by atoms with E-state index in [1.54, 1.807) is 0 Å². The van der Waals surface area contributed by atoms with Gasteiger partial charge in [-0.25, -0.2) is 9.97 Å². The Balaban J connectivity index is 1.27. The topological polar surface area (TPSA) is 63.0 Å². The van der Waals surface area contributed by atoms with Crippen molar-refractivity contribution in [2.75, 3.05) is 31.1 Å². The molecule has 3 fully saturated rings. The molecule has 3 aromatic heterocycles. The Morgan fingerprint density at radius 1 is 1.03 bits per heavy atom. The molecule has 0 unspecified atom stereocenters. The first kappa shape index (κ1) is 20.1. The molecule has 1 saturated carbocycles. The number of fused-ring (bicyclic) bond motifs is 1. The maximum Gasteiger partial charge on any atom is 0.165 e. The quantitative estimate of drug-likeness (QED) is 0.625. The Kier molecular flexibility index (Phi) is 4.90. The van der Waals surface area contributed by atoms with E-state index in [0.717, 1.165) is 52.9 Å². The van der Waals surface area contributed by atoms with Gasteiger partial charge >= 0.3 is 0 Å². The lowest BCUT2D eigenvalue weighted by molar-refractivity contribution is 0.178. The normalized spacial score (nSPS) is 21.9. The molecule has 5 heterocycles. The molecule has 0 bridgehead atoms. The summed E-state index contributed by atoms with van der Waals surface area (Å²) in [5, 5.41) is 5.60. The molecule has 3 aromatic rings. The zero-order valence-corrected chi connectivity index (χ0v) is 19.3. The van der Waals surface area contributed by atoms with Crippen molar-refractivity contribution < 1.29 is 0 Å². The van der Waals surface area contributed by atoms with Crippen LogP contribution in [0.25, 0.3) is 22.3 Å². The zero-order valence-electron chi connectivity index (χ0n) is 19.3. The predicted octanol–water partition coefficient (Wildman–Crippen LogP) is 3.97. The molecule has 32 heavy (non-hydrogen) atoms. The van der Waals surface area contributed by atoms with Crippen LogP contribution in [0.15, 0.2) is 24.7 Å². The second-order valence-corrected chi connectivity index (χ2v) is 10.2. The van der Waals surface area contributed by atoms with E-state index in [1.807, 2.05) is 37.2 Å². The third-order valence-corrected chi connectivity index (χ3v) is 8.17. The smallest absolute Gasteiger partial charge is 0.165 e. The lowest BCUT2D eigenvalue weighted by Crippen LogP contribution is -2.43. The van der Waals surface area contributed by atoms with E-state index in [-0.39, 0.29) is 0 Å². The Hall–Kier alpha value is -2.54. The van der Waals surface area contributed by atoms with Gasteiger partial charge in [0.1, 0.15) is 5.82 Å². The third kappa shape index (κ3) is 3.47.